The molecule has 0 atom stereocenters. The van der Waals surface area contributed by atoms with E-state index >= 15 is 0 Å². The Morgan fingerprint density at radius 2 is 1.95 bits per heavy atom. The summed E-state index contributed by atoms with van der Waals surface area (Å²) in [5.74, 6) is 0.390. The van der Waals surface area contributed by atoms with Gasteiger partial charge in [-0.25, -0.2) is 8.78 Å². The van der Waals surface area contributed by atoms with Crippen molar-refractivity contribution >= 4 is 23.3 Å². The lowest BCUT2D eigenvalue weighted by atomic mass is 9.81. The molecule has 0 spiro atoms. The molecular formula is C16H20F2N2S. The van der Waals surface area contributed by atoms with E-state index in [1.807, 2.05) is 4.57 Å². The van der Waals surface area contributed by atoms with Crippen LogP contribution in [0.1, 0.15) is 39.0 Å². The Labute approximate surface area is 128 Å². The fraction of sp³-hybridized carbons (Fsp3) is 0.562. The van der Waals surface area contributed by atoms with Gasteiger partial charge < -0.3 is 9.55 Å². The third-order valence-corrected chi connectivity index (χ3v) is 5.02. The van der Waals surface area contributed by atoms with Gasteiger partial charge in [0.2, 0.25) is 0 Å². The molecule has 3 rings (SSSR count). The predicted octanol–water partition coefficient (Wildman–Crippen LogP) is 5.19. The van der Waals surface area contributed by atoms with Gasteiger partial charge in [0.1, 0.15) is 11.3 Å². The maximum atomic E-state index is 13.7. The molecule has 21 heavy (non-hydrogen) atoms. The molecule has 1 aromatic carbocycles. The van der Waals surface area contributed by atoms with E-state index < -0.39 is 11.6 Å². The topological polar surface area (TPSA) is 20.7 Å². The number of nitrogens with zero attached hydrogens (tertiary/aromatic N) is 1. The number of imidazole rings is 1. The number of H-pyrrole nitrogens is 1. The number of aromatic amines is 1. The third-order valence-electron chi connectivity index (χ3n) is 4.70. The minimum Gasteiger partial charge on any atom is -0.328 e. The van der Waals surface area contributed by atoms with Crippen LogP contribution in [0.4, 0.5) is 8.78 Å². The van der Waals surface area contributed by atoms with E-state index in [9.17, 15) is 8.78 Å². The van der Waals surface area contributed by atoms with Crippen LogP contribution in [0.3, 0.4) is 0 Å². The van der Waals surface area contributed by atoms with Crippen molar-refractivity contribution in [1.29, 1.82) is 0 Å². The Bertz CT molecular complexity index is 696. The zero-order chi connectivity index (χ0) is 15.0. The molecule has 1 heterocycles. The summed E-state index contributed by atoms with van der Waals surface area (Å²) in [5.41, 5.74) is 0.834. The lowest BCUT2D eigenvalue weighted by molar-refractivity contribution is 0.269. The molecule has 0 bridgehead atoms. The highest BCUT2D eigenvalue weighted by atomic mass is 32.1. The number of aromatic nitrogens is 2. The average Bonchev–Trinajstić information content (AvgIpc) is 2.75. The molecule has 0 aliphatic heterocycles. The molecule has 1 aliphatic rings. The maximum absolute atomic E-state index is 13.7. The Morgan fingerprint density at radius 3 is 2.67 bits per heavy atom. The van der Waals surface area contributed by atoms with Crippen LogP contribution in [-0.4, -0.2) is 9.55 Å². The van der Waals surface area contributed by atoms with Gasteiger partial charge in [-0.15, -0.1) is 0 Å². The average molecular weight is 310 g/mol. The second-order valence-electron chi connectivity index (χ2n) is 6.28. The second kappa shape index (κ2) is 5.87. The van der Waals surface area contributed by atoms with E-state index in [1.54, 1.807) is 0 Å². The highest BCUT2D eigenvalue weighted by molar-refractivity contribution is 7.71. The van der Waals surface area contributed by atoms with E-state index in [0.29, 0.717) is 21.7 Å². The summed E-state index contributed by atoms with van der Waals surface area (Å²) in [6, 6.07) is 2.24. The van der Waals surface area contributed by atoms with Crippen LogP contribution in [-0.2, 0) is 6.54 Å². The number of fused-ring (bicyclic) bond motifs is 1. The van der Waals surface area contributed by atoms with Gasteiger partial charge in [-0.2, -0.15) is 0 Å². The van der Waals surface area contributed by atoms with E-state index in [1.165, 1.54) is 31.7 Å². The monoisotopic (exact) mass is 310 g/mol. The fourth-order valence-electron chi connectivity index (χ4n) is 3.33. The van der Waals surface area contributed by atoms with Crippen molar-refractivity contribution in [1.82, 2.24) is 9.55 Å². The van der Waals surface area contributed by atoms with E-state index in [4.69, 9.17) is 12.2 Å². The van der Waals surface area contributed by atoms with Crippen LogP contribution >= 0.6 is 12.2 Å². The number of halogens is 2. The molecule has 1 aromatic heterocycles. The molecule has 0 amide bonds. The first-order chi connectivity index (χ1) is 10.0. The maximum Gasteiger partial charge on any atom is 0.178 e. The smallest absolute Gasteiger partial charge is 0.178 e. The van der Waals surface area contributed by atoms with Crippen molar-refractivity contribution in [2.24, 2.45) is 11.8 Å². The lowest BCUT2D eigenvalue weighted by Gasteiger charge is -2.26. The first-order valence-electron chi connectivity index (χ1n) is 7.62. The van der Waals surface area contributed by atoms with Gasteiger partial charge in [0, 0.05) is 12.6 Å². The molecule has 2 nitrogen and oxygen atoms in total. The van der Waals surface area contributed by atoms with Crippen LogP contribution in [0, 0.1) is 28.2 Å². The van der Waals surface area contributed by atoms with Crippen molar-refractivity contribution in [3.05, 3.63) is 28.5 Å². The number of nitrogens with one attached hydrogen (secondary N) is 1. The summed E-state index contributed by atoms with van der Waals surface area (Å²) in [6.07, 6.45) is 6.09. The van der Waals surface area contributed by atoms with Gasteiger partial charge in [-0.05, 0) is 36.5 Å². The molecule has 1 saturated carbocycles. The Hall–Kier alpha value is -1.23. The van der Waals surface area contributed by atoms with Gasteiger partial charge in [0.15, 0.2) is 10.6 Å². The quantitative estimate of drug-likeness (QED) is 0.773. The van der Waals surface area contributed by atoms with Crippen LogP contribution in [0.2, 0.25) is 0 Å². The molecule has 1 N–H and O–H groups in total. The summed E-state index contributed by atoms with van der Waals surface area (Å²) < 4.78 is 29.5. The zero-order valence-electron chi connectivity index (χ0n) is 12.2. The van der Waals surface area contributed by atoms with Gasteiger partial charge in [-0.3, -0.25) is 0 Å². The first kappa shape index (κ1) is 14.7. The SMILES string of the molecule is CC1CCC(CCn2c(=S)[nH]c3c(F)cc(F)cc32)CC1. The van der Waals surface area contributed by atoms with E-state index in [-0.39, 0.29) is 0 Å². The fourth-order valence-corrected chi connectivity index (χ4v) is 3.62. The molecule has 1 fully saturated rings. The highest BCUT2D eigenvalue weighted by Gasteiger charge is 2.19. The van der Waals surface area contributed by atoms with E-state index in [0.717, 1.165) is 24.9 Å². The standard InChI is InChI=1S/C16H20F2N2S/c1-10-2-4-11(5-3-10)6-7-20-14-9-12(17)8-13(18)15(14)19-16(20)21/h8-11H,2-7H2,1H3,(H,19,21). The van der Waals surface area contributed by atoms with Crippen LogP contribution in [0.5, 0.6) is 0 Å². The van der Waals surface area contributed by atoms with Gasteiger partial charge in [-0.1, -0.05) is 32.6 Å². The number of benzene rings is 1. The molecule has 0 radical (unpaired) electrons. The summed E-state index contributed by atoms with van der Waals surface area (Å²) in [7, 11) is 0. The Balaban J connectivity index is 1.81. The number of aryl methyl sites for hydroxylation is 1. The van der Waals surface area contributed by atoms with Gasteiger partial charge in [0.25, 0.3) is 0 Å². The number of rotatable bonds is 3. The van der Waals surface area contributed by atoms with Crippen LogP contribution in [0.15, 0.2) is 12.1 Å². The lowest BCUT2D eigenvalue weighted by Crippen LogP contribution is -2.14. The number of hydrogen-bond acceptors (Lipinski definition) is 1. The zero-order valence-corrected chi connectivity index (χ0v) is 13.0. The molecule has 5 heteroatoms. The van der Waals surface area contributed by atoms with Crippen molar-refractivity contribution in [3.8, 4) is 0 Å². The summed E-state index contributed by atoms with van der Waals surface area (Å²) in [4.78, 5) is 2.85. The highest BCUT2D eigenvalue weighted by Crippen LogP contribution is 2.31. The van der Waals surface area contributed by atoms with Crippen molar-refractivity contribution in [3.63, 3.8) is 0 Å². The molecule has 2 aromatic rings. The van der Waals surface area contributed by atoms with Gasteiger partial charge >= 0.3 is 0 Å². The minimum atomic E-state index is -0.582. The molecule has 0 unspecified atom stereocenters. The molecule has 114 valence electrons. The Morgan fingerprint density at radius 1 is 1.24 bits per heavy atom. The Kier molecular flexibility index (Phi) is 4.11. The van der Waals surface area contributed by atoms with Crippen molar-refractivity contribution < 1.29 is 8.78 Å². The van der Waals surface area contributed by atoms with Crippen LogP contribution < -0.4 is 0 Å². The second-order valence-corrected chi connectivity index (χ2v) is 6.66. The van der Waals surface area contributed by atoms with E-state index in [2.05, 4.69) is 11.9 Å². The summed E-state index contributed by atoms with van der Waals surface area (Å²) in [6.45, 7) is 3.03. The summed E-state index contributed by atoms with van der Waals surface area (Å²) >= 11 is 5.26. The minimum absolute atomic E-state index is 0.304. The normalized spacial score (nSPS) is 22.8. The molecule has 1 aliphatic carbocycles. The first-order valence-corrected chi connectivity index (χ1v) is 8.03. The number of hydrogen-bond donors (Lipinski definition) is 1. The van der Waals surface area contributed by atoms with Crippen LogP contribution in [0.25, 0.3) is 11.0 Å². The summed E-state index contributed by atoms with van der Waals surface area (Å²) in [5, 5.41) is 0. The van der Waals surface area contributed by atoms with Crippen molar-refractivity contribution in [2.75, 3.05) is 0 Å². The third kappa shape index (κ3) is 3.03. The van der Waals surface area contributed by atoms with Gasteiger partial charge in [0.05, 0.1) is 5.52 Å². The largest absolute Gasteiger partial charge is 0.328 e. The predicted molar refractivity (Wildman–Crippen MR) is 82.8 cm³/mol. The molecule has 0 saturated heterocycles. The van der Waals surface area contributed by atoms with Crippen molar-refractivity contribution in [2.45, 2.75) is 45.6 Å². The molecular weight excluding hydrogens is 290 g/mol.